The first-order chi connectivity index (χ1) is 9.01. The molecule has 0 radical (unpaired) electrons. The Balaban J connectivity index is 3.95. The third kappa shape index (κ3) is 9.04. The fraction of sp³-hybridized carbons (Fsp3) is 0.769. The van der Waals surface area contributed by atoms with E-state index in [2.05, 4.69) is 10.1 Å². The molecule has 0 saturated carbocycles. The van der Waals surface area contributed by atoms with Crippen LogP contribution in [-0.2, 0) is 23.9 Å². The van der Waals surface area contributed by atoms with E-state index in [4.69, 9.17) is 4.74 Å². The van der Waals surface area contributed by atoms with Crippen molar-refractivity contribution in [2.45, 2.75) is 52.0 Å². The molecule has 110 valence electrons. The lowest BCUT2D eigenvalue weighted by Gasteiger charge is -2.16. The summed E-state index contributed by atoms with van der Waals surface area (Å²) in [6, 6.07) is -0.601. The van der Waals surface area contributed by atoms with Crippen LogP contribution in [0.5, 0.6) is 0 Å². The van der Waals surface area contributed by atoms with Crippen molar-refractivity contribution < 1.29 is 23.9 Å². The number of carbonyl (C=O) groups is 3. The van der Waals surface area contributed by atoms with E-state index in [9.17, 15) is 14.4 Å². The van der Waals surface area contributed by atoms with Gasteiger partial charge in [-0.15, -0.1) is 0 Å². The summed E-state index contributed by atoms with van der Waals surface area (Å²) in [5.41, 5.74) is 0. The van der Waals surface area contributed by atoms with Crippen molar-refractivity contribution in [1.82, 2.24) is 5.32 Å². The highest BCUT2D eigenvalue weighted by atomic mass is 16.5. The van der Waals surface area contributed by atoms with Crippen LogP contribution in [0, 0.1) is 0 Å². The average Bonchev–Trinajstić information content (AvgIpc) is 2.36. The van der Waals surface area contributed by atoms with Crippen molar-refractivity contribution >= 4 is 17.8 Å². The standard InChI is InChI=1S/C13H23NO5/c1-4-19-13(17)11(14-10(2)15)8-6-5-7-9-12(16)18-3/h11H,4-9H2,1-3H3,(H,14,15)/t11-/m1/s1. The zero-order chi connectivity index (χ0) is 14.7. The SMILES string of the molecule is CCOC(=O)[C@@H](CCCCCC(=O)OC)NC(C)=O. The zero-order valence-corrected chi connectivity index (χ0v) is 11.9. The van der Waals surface area contributed by atoms with Crippen LogP contribution >= 0.6 is 0 Å². The fourth-order valence-corrected chi connectivity index (χ4v) is 1.63. The van der Waals surface area contributed by atoms with Crippen molar-refractivity contribution in [3.63, 3.8) is 0 Å². The molecule has 0 bridgehead atoms. The van der Waals surface area contributed by atoms with Crippen LogP contribution in [0.3, 0.4) is 0 Å². The minimum absolute atomic E-state index is 0.233. The number of carbonyl (C=O) groups excluding carboxylic acids is 3. The first kappa shape index (κ1) is 17.4. The van der Waals surface area contributed by atoms with E-state index in [0.29, 0.717) is 19.3 Å². The Morgan fingerprint density at radius 3 is 2.37 bits per heavy atom. The number of amides is 1. The molecule has 1 atom stereocenters. The van der Waals surface area contributed by atoms with Gasteiger partial charge in [0.15, 0.2) is 0 Å². The molecule has 1 N–H and O–H groups in total. The largest absolute Gasteiger partial charge is 0.469 e. The van der Waals surface area contributed by atoms with Crippen molar-refractivity contribution in [3.8, 4) is 0 Å². The lowest BCUT2D eigenvalue weighted by Crippen LogP contribution is -2.40. The molecule has 0 saturated heterocycles. The molecule has 19 heavy (non-hydrogen) atoms. The van der Waals surface area contributed by atoms with Gasteiger partial charge in [-0.1, -0.05) is 12.8 Å². The van der Waals surface area contributed by atoms with Gasteiger partial charge in [0, 0.05) is 13.3 Å². The van der Waals surface area contributed by atoms with Gasteiger partial charge in [0.1, 0.15) is 6.04 Å². The average molecular weight is 273 g/mol. The molecule has 0 heterocycles. The van der Waals surface area contributed by atoms with Gasteiger partial charge in [-0.05, 0) is 19.8 Å². The second kappa shape index (κ2) is 10.3. The van der Waals surface area contributed by atoms with E-state index in [1.807, 2.05) is 0 Å². The molecule has 0 aliphatic carbocycles. The second-order valence-corrected chi connectivity index (χ2v) is 4.18. The molecule has 0 aliphatic rings. The van der Waals surface area contributed by atoms with Crippen LogP contribution in [0.2, 0.25) is 0 Å². The predicted octanol–water partition coefficient (Wildman–Crippen LogP) is 1.18. The molecule has 6 nitrogen and oxygen atoms in total. The smallest absolute Gasteiger partial charge is 0.328 e. The Morgan fingerprint density at radius 1 is 1.16 bits per heavy atom. The minimum Gasteiger partial charge on any atom is -0.469 e. The lowest BCUT2D eigenvalue weighted by atomic mass is 10.1. The van der Waals surface area contributed by atoms with Gasteiger partial charge in [0.05, 0.1) is 13.7 Å². The van der Waals surface area contributed by atoms with Gasteiger partial charge in [0.2, 0.25) is 5.91 Å². The second-order valence-electron chi connectivity index (χ2n) is 4.18. The van der Waals surface area contributed by atoms with Crippen molar-refractivity contribution in [2.24, 2.45) is 0 Å². The lowest BCUT2D eigenvalue weighted by molar-refractivity contribution is -0.147. The number of nitrogens with one attached hydrogen (secondary N) is 1. The van der Waals surface area contributed by atoms with Gasteiger partial charge >= 0.3 is 11.9 Å². The Morgan fingerprint density at radius 2 is 1.84 bits per heavy atom. The number of rotatable bonds is 9. The molecule has 0 fully saturated rings. The summed E-state index contributed by atoms with van der Waals surface area (Å²) < 4.78 is 9.42. The number of ether oxygens (including phenoxy) is 2. The summed E-state index contributed by atoms with van der Waals surface area (Å²) in [5.74, 6) is -0.901. The molecular weight excluding hydrogens is 250 g/mol. The van der Waals surface area contributed by atoms with Crippen LogP contribution < -0.4 is 5.32 Å². The Hall–Kier alpha value is -1.59. The van der Waals surface area contributed by atoms with E-state index in [-0.39, 0.29) is 18.5 Å². The number of hydrogen-bond donors (Lipinski definition) is 1. The molecule has 0 aromatic rings. The molecule has 0 aliphatic heterocycles. The number of unbranched alkanes of at least 4 members (excludes halogenated alkanes) is 2. The maximum Gasteiger partial charge on any atom is 0.328 e. The van der Waals surface area contributed by atoms with Crippen molar-refractivity contribution in [1.29, 1.82) is 0 Å². The highest BCUT2D eigenvalue weighted by Gasteiger charge is 2.19. The summed E-state index contributed by atoms with van der Waals surface area (Å²) in [4.78, 5) is 33.5. The molecule has 6 heteroatoms. The molecule has 1 amide bonds. The predicted molar refractivity (Wildman–Crippen MR) is 69.3 cm³/mol. The van der Waals surface area contributed by atoms with Gasteiger partial charge in [-0.25, -0.2) is 4.79 Å². The molecule has 0 unspecified atom stereocenters. The van der Waals surface area contributed by atoms with Crippen molar-refractivity contribution in [3.05, 3.63) is 0 Å². The Bertz CT molecular complexity index is 303. The van der Waals surface area contributed by atoms with Gasteiger partial charge in [0.25, 0.3) is 0 Å². The van der Waals surface area contributed by atoms with E-state index in [1.165, 1.54) is 14.0 Å². The number of hydrogen-bond acceptors (Lipinski definition) is 5. The van der Waals surface area contributed by atoms with E-state index in [0.717, 1.165) is 12.8 Å². The van der Waals surface area contributed by atoms with Crippen LogP contribution in [0.15, 0.2) is 0 Å². The van der Waals surface area contributed by atoms with Crippen LogP contribution in [-0.4, -0.2) is 37.6 Å². The summed E-state index contributed by atoms with van der Waals surface area (Å²) in [7, 11) is 1.36. The first-order valence-corrected chi connectivity index (χ1v) is 6.51. The maximum absolute atomic E-state index is 11.6. The summed E-state index contributed by atoms with van der Waals surface area (Å²) in [5, 5.41) is 2.57. The number of methoxy groups -OCH3 is 1. The Labute approximate surface area is 113 Å². The first-order valence-electron chi connectivity index (χ1n) is 6.51. The normalized spacial score (nSPS) is 11.5. The molecular formula is C13H23NO5. The number of esters is 2. The van der Waals surface area contributed by atoms with Gasteiger partial charge in [-0.3, -0.25) is 9.59 Å². The molecule has 0 rings (SSSR count). The van der Waals surface area contributed by atoms with Gasteiger partial charge < -0.3 is 14.8 Å². The van der Waals surface area contributed by atoms with Crippen molar-refractivity contribution in [2.75, 3.05) is 13.7 Å². The Kier molecular flexibility index (Phi) is 9.48. The van der Waals surface area contributed by atoms with Crippen LogP contribution in [0.25, 0.3) is 0 Å². The van der Waals surface area contributed by atoms with E-state index >= 15 is 0 Å². The van der Waals surface area contributed by atoms with Gasteiger partial charge in [-0.2, -0.15) is 0 Å². The zero-order valence-electron chi connectivity index (χ0n) is 11.9. The highest BCUT2D eigenvalue weighted by molar-refractivity contribution is 5.83. The fourth-order valence-electron chi connectivity index (χ4n) is 1.63. The third-order valence-electron chi connectivity index (χ3n) is 2.55. The third-order valence-corrected chi connectivity index (χ3v) is 2.55. The summed E-state index contributed by atoms with van der Waals surface area (Å²) in [6.45, 7) is 3.37. The van der Waals surface area contributed by atoms with Crippen LogP contribution in [0.4, 0.5) is 0 Å². The monoisotopic (exact) mass is 273 g/mol. The van der Waals surface area contributed by atoms with E-state index < -0.39 is 12.0 Å². The van der Waals surface area contributed by atoms with Crippen LogP contribution in [0.1, 0.15) is 46.0 Å². The highest BCUT2D eigenvalue weighted by Crippen LogP contribution is 2.08. The quantitative estimate of drug-likeness (QED) is 0.504. The molecule has 0 spiro atoms. The molecule has 0 aromatic carbocycles. The molecule has 0 aromatic heterocycles. The van der Waals surface area contributed by atoms with E-state index in [1.54, 1.807) is 6.92 Å². The maximum atomic E-state index is 11.6. The summed E-state index contributed by atoms with van der Waals surface area (Å²) in [6.07, 6.45) is 3.13. The minimum atomic E-state index is -0.601. The summed E-state index contributed by atoms with van der Waals surface area (Å²) >= 11 is 0. The topological polar surface area (TPSA) is 81.7 Å².